The van der Waals surface area contributed by atoms with Gasteiger partial charge >= 0.3 is 17.9 Å². The highest BCUT2D eigenvalue weighted by Crippen LogP contribution is 2.38. The molecule has 1 aliphatic heterocycles. The SMILES string of the molecule is CCCCCCCCCCCCCC(=O)OCC(CC)C1N(C)CCC1(OC(=O)CCC(OCCCCCCCC)OCCCCCCCC)C(=O)O. The first kappa shape index (κ1) is 49.3. The molecule has 3 atom stereocenters. The lowest BCUT2D eigenvalue weighted by Gasteiger charge is -2.38. The van der Waals surface area contributed by atoms with Gasteiger partial charge in [-0.15, -0.1) is 0 Å². The van der Waals surface area contributed by atoms with E-state index in [0.717, 1.165) is 44.9 Å². The normalized spacial score (nSPS) is 18.1. The number of unbranched alkanes of at least 4 members (excludes halogenated alkanes) is 20. The highest BCUT2D eigenvalue weighted by atomic mass is 16.7. The van der Waals surface area contributed by atoms with Gasteiger partial charge in [-0.1, -0.05) is 156 Å². The summed E-state index contributed by atoms with van der Waals surface area (Å²) in [4.78, 5) is 40.9. The number of rotatable bonds is 37. The van der Waals surface area contributed by atoms with E-state index in [4.69, 9.17) is 18.9 Å². The van der Waals surface area contributed by atoms with Crippen LogP contribution in [0.5, 0.6) is 0 Å². The molecule has 0 radical (unpaired) electrons. The van der Waals surface area contributed by atoms with Crippen molar-refractivity contribution in [3.63, 3.8) is 0 Å². The van der Waals surface area contributed by atoms with E-state index in [1.54, 1.807) is 0 Å². The summed E-state index contributed by atoms with van der Waals surface area (Å²) in [7, 11) is 1.86. The predicted molar refractivity (Wildman–Crippen MR) is 215 cm³/mol. The lowest BCUT2D eigenvalue weighted by atomic mass is 9.83. The van der Waals surface area contributed by atoms with Gasteiger partial charge in [-0.3, -0.25) is 14.5 Å². The van der Waals surface area contributed by atoms with Crippen molar-refractivity contribution >= 4 is 17.9 Å². The average Bonchev–Trinajstić information content (AvgIpc) is 3.47. The van der Waals surface area contributed by atoms with Gasteiger partial charge in [0.1, 0.15) is 0 Å². The second-order valence-corrected chi connectivity index (χ2v) is 15.7. The van der Waals surface area contributed by atoms with E-state index in [0.29, 0.717) is 39.0 Å². The number of carbonyl (C=O) groups is 3. The van der Waals surface area contributed by atoms with Gasteiger partial charge in [0.25, 0.3) is 0 Å². The fourth-order valence-electron chi connectivity index (χ4n) is 7.65. The number of carbonyl (C=O) groups excluding carboxylic acids is 2. The maximum Gasteiger partial charge on any atom is 0.349 e. The Kier molecular flexibility index (Phi) is 30.3. The monoisotopic (exact) mass is 754 g/mol. The van der Waals surface area contributed by atoms with Crippen LogP contribution < -0.4 is 0 Å². The zero-order chi connectivity index (χ0) is 39.0. The fourth-order valence-corrected chi connectivity index (χ4v) is 7.65. The number of hydrogen-bond acceptors (Lipinski definition) is 8. The standard InChI is InChI=1S/C44H83NO8/c1-6-10-13-16-19-20-21-22-23-24-27-30-39(46)52-37-38(9-4)42-44(43(48)49,33-34-45(42)5)53-40(47)31-32-41(50-35-28-25-17-14-11-7-2)51-36-29-26-18-15-12-8-3/h38,41-42H,6-37H2,1-5H3,(H,48,49). The van der Waals surface area contributed by atoms with Crippen molar-refractivity contribution in [3.8, 4) is 0 Å². The Labute approximate surface area is 325 Å². The molecule has 1 N–H and O–H groups in total. The summed E-state index contributed by atoms with van der Waals surface area (Å²) in [6.07, 6.45) is 28.2. The number of ether oxygens (including phenoxy) is 4. The first-order valence-electron chi connectivity index (χ1n) is 22.3. The van der Waals surface area contributed by atoms with Crippen LogP contribution in [0.2, 0.25) is 0 Å². The number of likely N-dealkylation sites (N-methyl/N-ethyl adjacent to an activating group) is 1. The molecule has 0 aromatic carbocycles. The number of carboxylic acids is 1. The van der Waals surface area contributed by atoms with Crippen LogP contribution in [0.25, 0.3) is 0 Å². The molecule has 3 unspecified atom stereocenters. The Morgan fingerprint density at radius 1 is 0.642 bits per heavy atom. The third-order valence-corrected chi connectivity index (χ3v) is 11.0. The van der Waals surface area contributed by atoms with Crippen molar-refractivity contribution in [3.05, 3.63) is 0 Å². The van der Waals surface area contributed by atoms with Gasteiger partial charge < -0.3 is 24.1 Å². The molecule has 0 saturated carbocycles. The van der Waals surface area contributed by atoms with Crippen LogP contribution in [0.4, 0.5) is 0 Å². The van der Waals surface area contributed by atoms with Gasteiger partial charge in [-0.05, 0) is 32.7 Å². The summed E-state index contributed by atoms with van der Waals surface area (Å²) in [5, 5.41) is 10.5. The molecule has 53 heavy (non-hydrogen) atoms. The van der Waals surface area contributed by atoms with Crippen molar-refractivity contribution < 1.29 is 38.4 Å². The van der Waals surface area contributed by atoms with Crippen molar-refractivity contribution in [2.75, 3.05) is 33.4 Å². The second-order valence-electron chi connectivity index (χ2n) is 15.7. The summed E-state index contributed by atoms with van der Waals surface area (Å²) in [5.41, 5.74) is -1.71. The van der Waals surface area contributed by atoms with E-state index < -0.39 is 29.9 Å². The van der Waals surface area contributed by atoms with E-state index in [1.165, 1.54) is 103 Å². The smallest absolute Gasteiger partial charge is 0.349 e. The summed E-state index contributed by atoms with van der Waals surface area (Å²) in [6.45, 7) is 10.4. The fraction of sp³-hybridized carbons (Fsp3) is 0.932. The number of carboxylic acid groups (broad SMARTS) is 1. The zero-order valence-corrected chi connectivity index (χ0v) is 35.1. The summed E-state index contributed by atoms with van der Waals surface area (Å²) >= 11 is 0. The molecule has 312 valence electrons. The number of nitrogens with zero attached hydrogens (tertiary/aromatic N) is 1. The predicted octanol–water partition coefficient (Wildman–Crippen LogP) is 11.2. The largest absolute Gasteiger partial charge is 0.478 e. The van der Waals surface area contributed by atoms with Crippen LogP contribution in [-0.4, -0.2) is 79.3 Å². The highest BCUT2D eigenvalue weighted by Gasteiger charge is 2.58. The van der Waals surface area contributed by atoms with Crippen molar-refractivity contribution in [1.82, 2.24) is 4.90 Å². The van der Waals surface area contributed by atoms with Crippen LogP contribution in [0.1, 0.15) is 207 Å². The Morgan fingerprint density at radius 2 is 1.09 bits per heavy atom. The van der Waals surface area contributed by atoms with E-state index in [1.807, 2.05) is 18.9 Å². The molecule has 0 amide bonds. The number of hydrogen-bond donors (Lipinski definition) is 1. The first-order chi connectivity index (χ1) is 25.7. The van der Waals surface area contributed by atoms with E-state index >= 15 is 0 Å². The van der Waals surface area contributed by atoms with Crippen molar-refractivity contribution in [1.29, 1.82) is 0 Å². The molecule has 9 heteroatoms. The third kappa shape index (κ3) is 22.4. The number of likely N-dealkylation sites (tertiary alicyclic amines) is 1. The zero-order valence-electron chi connectivity index (χ0n) is 35.1. The molecule has 0 bridgehead atoms. The third-order valence-electron chi connectivity index (χ3n) is 11.0. The van der Waals surface area contributed by atoms with Crippen molar-refractivity contribution in [2.45, 2.75) is 225 Å². The van der Waals surface area contributed by atoms with Crippen LogP contribution in [0, 0.1) is 5.92 Å². The highest BCUT2D eigenvalue weighted by molar-refractivity contribution is 5.83. The van der Waals surface area contributed by atoms with Crippen LogP contribution >= 0.6 is 0 Å². The average molecular weight is 754 g/mol. The molecule has 1 fully saturated rings. The molecule has 1 heterocycles. The lowest BCUT2D eigenvalue weighted by Crippen LogP contribution is -2.56. The molecule has 0 aliphatic carbocycles. The maximum absolute atomic E-state index is 13.4. The number of esters is 2. The summed E-state index contributed by atoms with van der Waals surface area (Å²) in [6, 6.07) is -0.604. The molecule has 1 saturated heterocycles. The Balaban J connectivity index is 2.65. The second kappa shape index (κ2) is 32.5. The van der Waals surface area contributed by atoms with Crippen molar-refractivity contribution in [2.24, 2.45) is 5.92 Å². The van der Waals surface area contributed by atoms with E-state index in [2.05, 4.69) is 20.8 Å². The van der Waals surface area contributed by atoms with Crippen LogP contribution in [0.15, 0.2) is 0 Å². The first-order valence-corrected chi connectivity index (χ1v) is 22.3. The Bertz CT molecular complexity index is 898. The Hall–Kier alpha value is -1.71. The number of aliphatic carboxylic acids is 1. The molecular weight excluding hydrogens is 670 g/mol. The van der Waals surface area contributed by atoms with Gasteiger partial charge in [0.15, 0.2) is 6.29 Å². The molecule has 0 spiro atoms. The van der Waals surface area contributed by atoms with E-state index in [-0.39, 0.29) is 31.3 Å². The maximum atomic E-state index is 13.4. The van der Waals surface area contributed by atoms with Gasteiger partial charge in [-0.2, -0.15) is 0 Å². The van der Waals surface area contributed by atoms with Gasteiger partial charge in [0.2, 0.25) is 5.60 Å². The quantitative estimate of drug-likeness (QED) is 0.0376. The minimum Gasteiger partial charge on any atom is -0.478 e. The molecule has 0 aromatic heterocycles. The lowest BCUT2D eigenvalue weighted by molar-refractivity contribution is -0.188. The van der Waals surface area contributed by atoms with Gasteiger partial charge in [0, 0.05) is 44.9 Å². The molecule has 0 aromatic rings. The molecular formula is C44H83NO8. The van der Waals surface area contributed by atoms with Crippen LogP contribution in [0.3, 0.4) is 0 Å². The summed E-state index contributed by atoms with van der Waals surface area (Å²) in [5.74, 6) is -2.25. The van der Waals surface area contributed by atoms with Gasteiger partial charge in [-0.25, -0.2) is 4.79 Å². The molecule has 1 rings (SSSR count). The molecule has 9 nitrogen and oxygen atoms in total. The van der Waals surface area contributed by atoms with E-state index in [9.17, 15) is 19.5 Å². The topological polar surface area (TPSA) is 112 Å². The molecule has 1 aliphatic rings. The summed E-state index contributed by atoms with van der Waals surface area (Å²) < 4.78 is 23.9. The minimum absolute atomic E-state index is 0.00780. The van der Waals surface area contributed by atoms with Gasteiger partial charge in [0.05, 0.1) is 19.1 Å². The van der Waals surface area contributed by atoms with Crippen LogP contribution in [-0.2, 0) is 33.3 Å². The minimum atomic E-state index is -1.71. The Morgan fingerprint density at radius 3 is 1.55 bits per heavy atom.